The van der Waals surface area contributed by atoms with E-state index in [0.717, 1.165) is 44.8 Å². The SMILES string of the molecule is CCc1ccc(NC(=S)NCC(C)N2CCN(c3ccccc3)CC2)cc1. The van der Waals surface area contributed by atoms with Crippen molar-refractivity contribution in [3.8, 4) is 0 Å². The van der Waals surface area contributed by atoms with Crippen molar-refractivity contribution in [3.63, 3.8) is 0 Å². The summed E-state index contributed by atoms with van der Waals surface area (Å²) in [6.07, 6.45) is 1.05. The quantitative estimate of drug-likeness (QED) is 0.743. The molecule has 2 aromatic carbocycles. The Labute approximate surface area is 168 Å². The molecular weight excluding hydrogens is 352 g/mol. The molecule has 0 bridgehead atoms. The van der Waals surface area contributed by atoms with E-state index in [0.29, 0.717) is 11.2 Å². The van der Waals surface area contributed by atoms with Gasteiger partial charge in [0.05, 0.1) is 0 Å². The highest BCUT2D eigenvalue weighted by Crippen LogP contribution is 2.16. The normalized spacial score (nSPS) is 16.0. The van der Waals surface area contributed by atoms with Gasteiger partial charge in [-0.25, -0.2) is 0 Å². The first kappa shape index (κ1) is 19.6. The number of nitrogens with zero attached hydrogens (tertiary/aromatic N) is 2. The van der Waals surface area contributed by atoms with Crippen LogP contribution in [-0.2, 0) is 6.42 Å². The molecule has 27 heavy (non-hydrogen) atoms. The van der Waals surface area contributed by atoms with Crippen LogP contribution >= 0.6 is 12.2 Å². The lowest BCUT2D eigenvalue weighted by Crippen LogP contribution is -2.52. The summed E-state index contributed by atoms with van der Waals surface area (Å²) >= 11 is 5.45. The second-order valence-corrected chi connectivity index (χ2v) is 7.50. The fourth-order valence-electron chi connectivity index (χ4n) is 3.43. The fraction of sp³-hybridized carbons (Fsp3) is 0.409. The first-order valence-corrected chi connectivity index (χ1v) is 10.2. The second-order valence-electron chi connectivity index (χ2n) is 7.09. The van der Waals surface area contributed by atoms with Gasteiger partial charge in [0.25, 0.3) is 0 Å². The van der Waals surface area contributed by atoms with E-state index < -0.39 is 0 Å². The Bertz CT molecular complexity index is 709. The summed E-state index contributed by atoms with van der Waals surface area (Å²) in [6, 6.07) is 19.6. The predicted octanol–water partition coefficient (Wildman–Crippen LogP) is 3.75. The van der Waals surface area contributed by atoms with Gasteiger partial charge in [0.15, 0.2) is 5.11 Å². The van der Waals surface area contributed by atoms with Gasteiger partial charge in [-0.3, -0.25) is 4.90 Å². The first-order valence-electron chi connectivity index (χ1n) is 9.83. The monoisotopic (exact) mass is 382 g/mol. The molecule has 1 aliphatic heterocycles. The molecule has 0 spiro atoms. The maximum atomic E-state index is 5.45. The molecule has 1 unspecified atom stereocenters. The Morgan fingerprint density at radius 1 is 1.00 bits per heavy atom. The van der Waals surface area contributed by atoms with Crippen LogP contribution in [-0.4, -0.2) is 48.8 Å². The summed E-state index contributed by atoms with van der Waals surface area (Å²) in [5.41, 5.74) is 3.69. The molecule has 1 fully saturated rings. The summed E-state index contributed by atoms with van der Waals surface area (Å²) in [7, 11) is 0. The average molecular weight is 383 g/mol. The smallest absolute Gasteiger partial charge is 0.170 e. The number of aryl methyl sites for hydroxylation is 1. The molecule has 0 aromatic heterocycles. The van der Waals surface area contributed by atoms with E-state index in [1.165, 1.54) is 11.3 Å². The van der Waals surface area contributed by atoms with E-state index >= 15 is 0 Å². The Balaban J connectivity index is 1.40. The molecule has 1 saturated heterocycles. The number of hydrogen-bond donors (Lipinski definition) is 2. The molecule has 2 N–H and O–H groups in total. The highest BCUT2D eigenvalue weighted by molar-refractivity contribution is 7.80. The van der Waals surface area contributed by atoms with Crippen molar-refractivity contribution in [3.05, 3.63) is 60.2 Å². The van der Waals surface area contributed by atoms with Crippen LogP contribution in [0.15, 0.2) is 54.6 Å². The highest BCUT2D eigenvalue weighted by atomic mass is 32.1. The number of anilines is 2. The molecule has 1 atom stereocenters. The maximum absolute atomic E-state index is 5.45. The number of nitrogens with one attached hydrogen (secondary N) is 2. The Kier molecular flexibility index (Phi) is 7.07. The maximum Gasteiger partial charge on any atom is 0.170 e. The molecule has 0 radical (unpaired) electrons. The van der Waals surface area contributed by atoms with Crippen molar-refractivity contribution in [1.29, 1.82) is 0 Å². The Morgan fingerprint density at radius 2 is 1.67 bits per heavy atom. The topological polar surface area (TPSA) is 30.5 Å². The summed E-state index contributed by atoms with van der Waals surface area (Å²) in [5, 5.41) is 7.33. The van der Waals surface area contributed by atoms with E-state index in [2.05, 4.69) is 88.9 Å². The van der Waals surface area contributed by atoms with Crippen molar-refractivity contribution in [2.75, 3.05) is 42.9 Å². The summed E-state index contributed by atoms with van der Waals surface area (Å²) in [6.45, 7) is 9.58. The fourth-order valence-corrected chi connectivity index (χ4v) is 3.63. The van der Waals surface area contributed by atoms with Gasteiger partial charge in [0.2, 0.25) is 0 Å². The third-order valence-corrected chi connectivity index (χ3v) is 5.48. The number of hydrogen-bond acceptors (Lipinski definition) is 3. The molecule has 1 heterocycles. The second kappa shape index (κ2) is 9.72. The third kappa shape index (κ3) is 5.68. The number of piperazine rings is 1. The first-order chi connectivity index (χ1) is 13.2. The van der Waals surface area contributed by atoms with Crippen LogP contribution in [0.3, 0.4) is 0 Å². The van der Waals surface area contributed by atoms with E-state index in [1.54, 1.807) is 0 Å². The summed E-state index contributed by atoms with van der Waals surface area (Å²) < 4.78 is 0. The van der Waals surface area contributed by atoms with Gasteiger partial charge < -0.3 is 15.5 Å². The number of benzene rings is 2. The molecule has 5 heteroatoms. The van der Waals surface area contributed by atoms with Gasteiger partial charge in [-0.1, -0.05) is 37.3 Å². The minimum atomic E-state index is 0.449. The zero-order valence-corrected chi connectivity index (χ0v) is 17.1. The minimum absolute atomic E-state index is 0.449. The third-order valence-electron chi connectivity index (χ3n) is 5.24. The van der Waals surface area contributed by atoms with Crippen LogP contribution in [0.5, 0.6) is 0 Å². The molecule has 0 amide bonds. The van der Waals surface area contributed by atoms with Gasteiger partial charge in [-0.05, 0) is 55.4 Å². The van der Waals surface area contributed by atoms with Gasteiger partial charge in [0, 0.05) is 50.1 Å². The number of rotatable bonds is 6. The van der Waals surface area contributed by atoms with E-state index in [9.17, 15) is 0 Å². The predicted molar refractivity (Wildman–Crippen MR) is 120 cm³/mol. The molecule has 2 aromatic rings. The number of thiocarbonyl (C=S) groups is 1. The standard InChI is InChI=1S/C22H30N4S/c1-3-19-9-11-20(12-10-19)24-22(27)23-17-18(2)25-13-15-26(16-14-25)21-7-5-4-6-8-21/h4-12,18H,3,13-17H2,1-2H3,(H2,23,24,27). The summed E-state index contributed by atoms with van der Waals surface area (Å²) in [4.78, 5) is 4.99. The van der Waals surface area contributed by atoms with Crippen molar-refractivity contribution < 1.29 is 0 Å². The van der Waals surface area contributed by atoms with E-state index in [1.807, 2.05) is 0 Å². The number of para-hydroxylation sites is 1. The molecule has 4 nitrogen and oxygen atoms in total. The Morgan fingerprint density at radius 3 is 2.30 bits per heavy atom. The molecular formula is C22H30N4S. The van der Waals surface area contributed by atoms with Crippen molar-refractivity contribution in [2.24, 2.45) is 0 Å². The van der Waals surface area contributed by atoms with Gasteiger partial charge in [-0.2, -0.15) is 0 Å². The van der Waals surface area contributed by atoms with Crippen LogP contribution < -0.4 is 15.5 Å². The van der Waals surface area contributed by atoms with Crippen molar-refractivity contribution >= 4 is 28.7 Å². The average Bonchev–Trinajstić information content (AvgIpc) is 2.73. The van der Waals surface area contributed by atoms with Crippen LogP contribution in [0.4, 0.5) is 11.4 Å². The molecule has 3 rings (SSSR count). The lowest BCUT2D eigenvalue weighted by molar-refractivity contribution is 0.198. The zero-order chi connectivity index (χ0) is 19.1. The Hall–Kier alpha value is -2.11. The largest absolute Gasteiger partial charge is 0.369 e. The van der Waals surface area contributed by atoms with Crippen LogP contribution in [0, 0.1) is 0 Å². The van der Waals surface area contributed by atoms with E-state index in [-0.39, 0.29) is 0 Å². The molecule has 1 aliphatic rings. The zero-order valence-electron chi connectivity index (χ0n) is 16.3. The van der Waals surface area contributed by atoms with Crippen molar-refractivity contribution in [1.82, 2.24) is 10.2 Å². The van der Waals surface area contributed by atoms with Crippen LogP contribution in [0.1, 0.15) is 19.4 Å². The van der Waals surface area contributed by atoms with Crippen LogP contribution in [0.25, 0.3) is 0 Å². The minimum Gasteiger partial charge on any atom is -0.369 e. The van der Waals surface area contributed by atoms with Gasteiger partial charge in [-0.15, -0.1) is 0 Å². The van der Waals surface area contributed by atoms with Gasteiger partial charge >= 0.3 is 0 Å². The summed E-state index contributed by atoms with van der Waals surface area (Å²) in [5.74, 6) is 0. The molecule has 144 valence electrons. The highest BCUT2D eigenvalue weighted by Gasteiger charge is 2.21. The molecule has 0 saturated carbocycles. The van der Waals surface area contributed by atoms with Crippen LogP contribution in [0.2, 0.25) is 0 Å². The van der Waals surface area contributed by atoms with E-state index in [4.69, 9.17) is 12.2 Å². The lowest BCUT2D eigenvalue weighted by atomic mass is 10.1. The van der Waals surface area contributed by atoms with Gasteiger partial charge in [0.1, 0.15) is 0 Å². The lowest BCUT2D eigenvalue weighted by Gasteiger charge is -2.39. The molecule has 0 aliphatic carbocycles. The van der Waals surface area contributed by atoms with Crippen molar-refractivity contribution in [2.45, 2.75) is 26.3 Å².